The van der Waals surface area contributed by atoms with Crippen LogP contribution in [0.4, 0.5) is 4.39 Å². The van der Waals surface area contributed by atoms with Crippen LogP contribution in [-0.4, -0.2) is 17.5 Å². The van der Waals surface area contributed by atoms with Crippen molar-refractivity contribution < 1.29 is 23.8 Å². The molecule has 0 aliphatic rings. The van der Waals surface area contributed by atoms with Gasteiger partial charge in [0.05, 0.1) is 0 Å². The van der Waals surface area contributed by atoms with Gasteiger partial charge in [-0.25, -0.2) is 9.18 Å². The molecule has 0 radical (unpaired) electrons. The number of rotatable bonds is 3. The summed E-state index contributed by atoms with van der Waals surface area (Å²) in [6.45, 7) is 0.0243. The monoisotopic (exact) mass is 262 g/mol. The fourth-order valence-corrected chi connectivity index (χ4v) is 1.29. The second-order valence-electron chi connectivity index (χ2n) is 2.28. The highest BCUT2D eigenvalue weighted by Crippen LogP contribution is 2.25. The summed E-state index contributed by atoms with van der Waals surface area (Å²) in [5, 5.41) is 8.58. The quantitative estimate of drug-likeness (QED) is 0.845. The van der Waals surface area contributed by atoms with Gasteiger partial charge < -0.3 is 9.84 Å². The van der Waals surface area contributed by atoms with E-state index in [1.807, 2.05) is 0 Å². The van der Waals surface area contributed by atoms with Crippen molar-refractivity contribution in [2.24, 2.45) is 0 Å². The normalized spacial score (nSPS) is 9.57. The van der Waals surface area contributed by atoms with E-state index < -0.39 is 23.1 Å². The molecule has 0 atom stereocenters. The van der Waals surface area contributed by atoms with Gasteiger partial charge in [0.2, 0.25) is 0 Å². The number of hydrogen-bond acceptors (Lipinski definition) is 3. The third-order valence-corrected chi connectivity index (χ3v) is 1.87. The number of ether oxygens (including phenoxy) is 1. The Morgan fingerprint density at radius 3 is 2.71 bits per heavy atom. The summed E-state index contributed by atoms with van der Waals surface area (Å²) in [6.07, 6.45) is 0. The van der Waals surface area contributed by atoms with Crippen molar-refractivity contribution in [2.45, 2.75) is 0 Å². The Bertz CT molecular complexity index is 391. The molecule has 0 amide bonds. The third kappa shape index (κ3) is 2.08. The summed E-state index contributed by atoms with van der Waals surface area (Å²) in [6, 6.07) is 2.24. The third-order valence-electron chi connectivity index (χ3n) is 1.41. The topological polar surface area (TPSA) is 63.6 Å². The van der Waals surface area contributed by atoms with Gasteiger partial charge in [0, 0.05) is 4.47 Å². The largest absolute Gasteiger partial charge is 0.478 e. The number of halogens is 2. The molecule has 1 aromatic rings. The fourth-order valence-electron chi connectivity index (χ4n) is 0.857. The van der Waals surface area contributed by atoms with Gasteiger partial charge in [-0.1, -0.05) is 15.9 Å². The highest BCUT2D eigenvalue weighted by atomic mass is 79.9. The number of carboxylic acid groups (broad SMARTS) is 1. The maximum atomic E-state index is 13.2. The minimum absolute atomic E-state index is 0.0243. The van der Waals surface area contributed by atoms with E-state index in [-0.39, 0.29) is 6.47 Å². The van der Waals surface area contributed by atoms with Crippen LogP contribution in [0, 0.1) is 5.82 Å². The molecule has 0 aromatic heterocycles. The Hall–Kier alpha value is -1.43. The molecule has 0 bridgehead atoms. The smallest absolute Gasteiger partial charge is 0.338 e. The summed E-state index contributed by atoms with van der Waals surface area (Å²) in [5.41, 5.74) is -0.559. The maximum Gasteiger partial charge on any atom is 0.338 e. The molecule has 0 spiro atoms. The Kier molecular flexibility index (Phi) is 3.19. The van der Waals surface area contributed by atoms with E-state index in [0.717, 1.165) is 12.1 Å². The molecule has 0 aliphatic carbocycles. The summed E-state index contributed by atoms with van der Waals surface area (Å²) in [4.78, 5) is 20.5. The Morgan fingerprint density at radius 1 is 1.57 bits per heavy atom. The summed E-state index contributed by atoms with van der Waals surface area (Å²) >= 11 is 2.96. The van der Waals surface area contributed by atoms with E-state index in [1.165, 1.54) is 0 Å². The molecule has 6 heteroatoms. The second kappa shape index (κ2) is 4.19. The van der Waals surface area contributed by atoms with Crippen LogP contribution in [0.25, 0.3) is 0 Å². The van der Waals surface area contributed by atoms with Crippen LogP contribution >= 0.6 is 15.9 Å². The standard InChI is InChI=1S/C8H4BrFO4/c9-4-1-5(8(12)13)7(10)6(2-4)14-3-11/h1-3H,(H,12,13). The second-order valence-corrected chi connectivity index (χ2v) is 3.20. The minimum Gasteiger partial charge on any atom is -0.478 e. The average molecular weight is 263 g/mol. The van der Waals surface area contributed by atoms with Crippen molar-refractivity contribution >= 4 is 28.4 Å². The zero-order valence-corrected chi connectivity index (χ0v) is 8.25. The van der Waals surface area contributed by atoms with E-state index in [9.17, 15) is 14.0 Å². The van der Waals surface area contributed by atoms with Crippen LogP contribution in [0.1, 0.15) is 10.4 Å². The average Bonchev–Trinajstić information content (AvgIpc) is 2.10. The highest BCUT2D eigenvalue weighted by molar-refractivity contribution is 9.10. The molecule has 0 fully saturated rings. The van der Waals surface area contributed by atoms with Gasteiger partial charge in [0.1, 0.15) is 5.56 Å². The zero-order chi connectivity index (χ0) is 10.7. The summed E-state index contributed by atoms with van der Waals surface area (Å²) in [5.74, 6) is -2.93. The van der Waals surface area contributed by atoms with Gasteiger partial charge >= 0.3 is 5.97 Å². The van der Waals surface area contributed by atoms with Gasteiger partial charge in [-0.3, -0.25) is 4.79 Å². The first-order valence-electron chi connectivity index (χ1n) is 3.39. The first kappa shape index (κ1) is 10.6. The van der Waals surface area contributed by atoms with Crippen molar-refractivity contribution in [3.63, 3.8) is 0 Å². The fraction of sp³-hybridized carbons (Fsp3) is 0. The lowest BCUT2D eigenvalue weighted by atomic mass is 10.2. The Labute approximate surface area is 86.4 Å². The lowest BCUT2D eigenvalue weighted by Crippen LogP contribution is -2.03. The van der Waals surface area contributed by atoms with Gasteiger partial charge in [0.25, 0.3) is 6.47 Å². The van der Waals surface area contributed by atoms with E-state index in [2.05, 4.69) is 20.7 Å². The molecule has 0 saturated heterocycles. The van der Waals surface area contributed by atoms with Crippen molar-refractivity contribution in [1.82, 2.24) is 0 Å². The Balaban J connectivity index is 3.31. The SMILES string of the molecule is O=COc1cc(Br)cc(C(=O)O)c1F. The van der Waals surface area contributed by atoms with E-state index in [0.29, 0.717) is 4.47 Å². The number of carboxylic acids is 1. The van der Waals surface area contributed by atoms with Crippen LogP contribution in [0.5, 0.6) is 5.75 Å². The van der Waals surface area contributed by atoms with Crippen molar-refractivity contribution in [3.8, 4) is 5.75 Å². The van der Waals surface area contributed by atoms with Crippen LogP contribution in [0.3, 0.4) is 0 Å². The first-order chi connectivity index (χ1) is 6.56. The number of benzene rings is 1. The van der Waals surface area contributed by atoms with E-state index in [1.54, 1.807) is 0 Å². The number of carbonyl (C=O) groups excluding carboxylic acids is 1. The van der Waals surface area contributed by atoms with Crippen LogP contribution in [0.15, 0.2) is 16.6 Å². The molecule has 14 heavy (non-hydrogen) atoms. The van der Waals surface area contributed by atoms with Gasteiger partial charge in [-0.2, -0.15) is 0 Å². The molecule has 1 aromatic carbocycles. The molecule has 4 nitrogen and oxygen atoms in total. The molecule has 0 aliphatic heterocycles. The number of hydrogen-bond donors (Lipinski definition) is 1. The number of carbonyl (C=O) groups is 2. The molecular weight excluding hydrogens is 259 g/mol. The first-order valence-corrected chi connectivity index (χ1v) is 4.18. The van der Waals surface area contributed by atoms with Crippen molar-refractivity contribution in [1.29, 1.82) is 0 Å². The van der Waals surface area contributed by atoms with Gasteiger partial charge in [-0.05, 0) is 12.1 Å². The summed E-state index contributed by atoms with van der Waals surface area (Å²) < 4.78 is 17.8. The van der Waals surface area contributed by atoms with Gasteiger partial charge in [-0.15, -0.1) is 0 Å². The molecule has 0 saturated carbocycles. The highest BCUT2D eigenvalue weighted by Gasteiger charge is 2.16. The molecule has 0 unspecified atom stereocenters. The van der Waals surface area contributed by atoms with Crippen molar-refractivity contribution in [3.05, 3.63) is 28.0 Å². The predicted octanol–water partition coefficient (Wildman–Crippen LogP) is 1.82. The van der Waals surface area contributed by atoms with Crippen LogP contribution in [0.2, 0.25) is 0 Å². The molecule has 0 heterocycles. The molecule has 1 N–H and O–H groups in total. The van der Waals surface area contributed by atoms with E-state index >= 15 is 0 Å². The predicted molar refractivity (Wildman–Crippen MR) is 47.8 cm³/mol. The van der Waals surface area contributed by atoms with Crippen molar-refractivity contribution in [2.75, 3.05) is 0 Å². The molecular formula is C8H4BrFO4. The number of aromatic carboxylic acids is 1. The summed E-state index contributed by atoms with van der Waals surface area (Å²) in [7, 11) is 0. The zero-order valence-electron chi connectivity index (χ0n) is 6.66. The van der Waals surface area contributed by atoms with Crippen LogP contribution in [-0.2, 0) is 4.79 Å². The lowest BCUT2D eigenvalue weighted by molar-refractivity contribution is -0.120. The molecule has 1 rings (SSSR count). The van der Waals surface area contributed by atoms with Gasteiger partial charge in [0.15, 0.2) is 11.6 Å². The molecule has 74 valence electrons. The maximum absolute atomic E-state index is 13.2. The van der Waals surface area contributed by atoms with Crippen LogP contribution < -0.4 is 4.74 Å². The van der Waals surface area contributed by atoms with E-state index in [4.69, 9.17) is 5.11 Å². The minimum atomic E-state index is -1.43. The lowest BCUT2D eigenvalue weighted by Gasteiger charge is -2.03. The Morgan fingerprint density at radius 2 is 2.21 bits per heavy atom.